The number of anilines is 4. The Kier molecular flexibility index (Phi) is 16.7. The third-order valence-corrected chi connectivity index (χ3v) is 15.3. The molecule has 2 aliphatic rings. The molecule has 0 fully saturated rings. The topological polar surface area (TPSA) is 196 Å². The van der Waals surface area contributed by atoms with Crippen LogP contribution in [0.1, 0.15) is 127 Å². The molecule has 6 rings (SSSR count). The minimum Gasteiger partial charge on any atom is -0.456 e. The summed E-state index contributed by atoms with van der Waals surface area (Å²) < 4.78 is 76.4. The molecule has 0 saturated carbocycles. The lowest BCUT2D eigenvalue weighted by atomic mass is 9.91. The van der Waals surface area contributed by atoms with Crippen molar-refractivity contribution in [2.24, 2.45) is 21.7 Å². The van der Waals surface area contributed by atoms with Gasteiger partial charge in [-0.1, -0.05) is 105 Å². The zero-order valence-corrected chi connectivity index (χ0v) is 46.1. The van der Waals surface area contributed by atoms with Crippen LogP contribution in [0.5, 0.6) is 0 Å². The summed E-state index contributed by atoms with van der Waals surface area (Å²) in [6.45, 7) is 27.8. The van der Waals surface area contributed by atoms with E-state index in [-0.39, 0.29) is 73.6 Å². The number of carbonyl (C=O) groups is 2. The van der Waals surface area contributed by atoms with Crippen LogP contribution < -0.4 is 26.0 Å². The third-order valence-electron chi connectivity index (χ3n) is 12.9. The minimum absolute atomic E-state index is 0.0527. The van der Waals surface area contributed by atoms with E-state index in [1.54, 1.807) is 30.3 Å². The molecule has 386 valence electrons. The summed E-state index contributed by atoms with van der Waals surface area (Å²) in [5, 5.41) is 10.3. The summed E-state index contributed by atoms with van der Waals surface area (Å²) in [7, 11) is -9.15. The summed E-state index contributed by atoms with van der Waals surface area (Å²) in [6, 6.07) is 18.3. The van der Waals surface area contributed by atoms with Gasteiger partial charge in [-0.3, -0.25) is 14.1 Å². The average Bonchev–Trinajstić information content (AvgIpc) is 3.26. The second kappa shape index (κ2) is 21.7. The number of nitrogens with zero attached hydrogens (tertiary/aromatic N) is 1. The fourth-order valence-corrected chi connectivity index (χ4v) is 11.4. The van der Waals surface area contributed by atoms with Crippen LogP contribution in [0.25, 0.3) is 33.4 Å². The van der Waals surface area contributed by atoms with Gasteiger partial charge in [-0.25, -0.2) is 18.1 Å². The number of hydrogen-bond donors (Lipinski definition) is 5. The van der Waals surface area contributed by atoms with Gasteiger partial charge in [-0.05, 0) is 122 Å². The van der Waals surface area contributed by atoms with E-state index in [2.05, 4.69) is 27.6 Å². The van der Waals surface area contributed by atoms with Crippen molar-refractivity contribution in [2.75, 3.05) is 22.5 Å². The van der Waals surface area contributed by atoms with Crippen molar-refractivity contribution in [2.45, 2.75) is 145 Å². The molecule has 1 atom stereocenters. The predicted molar refractivity (Wildman–Crippen MR) is 292 cm³/mol. The molecule has 13 nitrogen and oxygen atoms in total. The van der Waals surface area contributed by atoms with Gasteiger partial charge < -0.3 is 20.4 Å². The van der Waals surface area contributed by atoms with Crippen molar-refractivity contribution in [1.82, 2.24) is 4.72 Å². The number of sulfonamides is 1. The molecule has 4 aromatic carbocycles. The Morgan fingerprint density at radius 1 is 0.694 bits per heavy atom. The summed E-state index contributed by atoms with van der Waals surface area (Å²) >= 11 is 0. The molecule has 1 aliphatic carbocycles. The van der Waals surface area contributed by atoms with Crippen LogP contribution in [-0.4, -0.2) is 39.7 Å². The summed E-state index contributed by atoms with van der Waals surface area (Å²) in [5.41, 5.74) is 8.52. The summed E-state index contributed by atoms with van der Waals surface area (Å²) in [6.07, 6.45) is 4.13. The fourth-order valence-electron chi connectivity index (χ4n) is 9.43. The van der Waals surface area contributed by atoms with E-state index < -0.39 is 20.1 Å². The molecule has 0 radical (unpaired) electrons. The maximum atomic E-state index is 14.9. The number of benzene rings is 5. The third kappa shape index (κ3) is 13.0. The van der Waals surface area contributed by atoms with Crippen molar-refractivity contribution in [3.8, 4) is 22.5 Å². The van der Waals surface area contributed by atoms with Gasteiger partial charge in [0, 0.05) is 76.3 Å². The molecule has 4 aromatic rings. The Hall–Kier alpha value is -5.87. The highest BCUT2D eigenvalue weighted by atomic mass is 32.2. The zero-order chi connectivity index (χ0) is 53.2. The molecule has 72 heavy (non-hydrogen) atoms. The van der Waals surface area contributed by atoms with Crippen LogP contribution >= 0.6 is 0 Å². The molecule has 1 unspecified atom stereocenters. The number of rotatable bonds is 17. The first kappa shape index (κ1) is 55.4. The van der Waals surface area contributed by atoms with E-state index in [0.29, 0.717) is 51.3 Å². The normalized spacial score (nSPS) is 13.2. The Labute approximate surface area is 426 Å². The van der Waals surface area contributed by atoms with Gasteiger partial charge in [-0.2, -0.15) is 8.42 Å². The van der Waals surface area contributed by atoms with E-state index >= 15 is 0 Å². The van der Waals surface area contributed by atoms with Crippen LogP contribution in [0.3, 0.4) is 0 Å². The average molecular weight is 1020 g/mol. The van der Waals surface area contributed by atoms with Crippen LogP contribution in [0.4, 0.5) is 28.4 Å². The van der Waals surface area contributed by atoms with Gasteiger partial charge in [-0.15, -0.1) is 0 Å². The van der Waals surface area contributed by atoms with Gasteiger partial charge in [0.05, 0.1) is 11.0 Å². The Bertz CT molecular complexity index is 3330. The highest BCUT2D eigenvalue weighted by molar-refractivity contribution is 7.89. The number of nitrogens with one attached hydrogen (secondary N) is 4. The molecule has 0 bridgehead atoms. The monoisotopic (exact) mass is 1020 g/mol. The van der Waals surface area contributed by atoms with Crippen molar-refractivity contribution in [1.29, 1.82) is 0 Å². The second-order valence-corrected chi connectivity index (χ2v) is 24.9. The smallest absolute Gasteiger partial charge is 0.295 e. The maximum absolute atomic E-state index is 14.9. The molecular formula is C57H73N5O8S2. The number of hydrogen-bond acceptors (Lipinski definition) is 9. The minimum atomic E-state index is -4.81. The van der Waals surface area contributed by atoms with Crippen molar-refractivity contribution in [3.63, 3.8) is 0 Å². The van der Waals surface area contributed by atoms with Crippen molar-refractivity contribution >= 4 is 71.4 Å². The number of amides is 2. The van der Waals surface area contributed by atoms with Crippen LogP contribution in [0.15, 0.2) is 85.9 Å². The number of aryl methyl sites for hydroxylation is 4. The molecule has 0 aromatic heterocycles. The summed E-state index contributed by atoms with van der Waals surface area (Å²) in [5.74, 6) is -0.00162. The molecule has 15 heteroatoms. The first-order chi connectivity index (χ1) is 33.5. The molecular weight excluding hydrogens is 947 g/mol. The molecule has 0 saturated heterocycles. The number of unbranched alkanes of at least 4 members (excludes halogenated alkanes) is 1. The molecule has 1 aliphatic heterocycles. The lowest BCUT2D eigenvalue weighted by molar-refractivity contribution is -0.118. The van der Waals surface area contributed by atoms with Crippen molar-refractivity contribution < 1.29 is 35.4 Å². The van der Waals surface area contributed by atoms with Gasteiger partial charge in [0.15, 0.2) is 0 Å². The van der Waals surface area contributed by atoms with Gasteiger partial charge in [0.2, 0.25) is 21.8 Å². The van der Waals surface area contributed by atoms with Crippen molar-refractivity contribution in [3.05, 3.63) is 105 Å². The lowest BCUT2D eigenvalue weighted by Crippen LogP contribution is -2.32. The van der Waals surface area contributed by atoms with E-state index in [1.807, 2.05) is 108 Å². The molecule has 1 heterocycles. The van der Waals surface area contributed by atoms with E-state index in [0.717, 1.165) is 59.2 Å². The second-order valence-electron chi connectivity index (χ2n) is 21.8. The van der Waals surface area contributed by atoms with E-state index in [9.17, 15) is 31.0 Å². The zero-order valence-electron chi connectivity index (χ0n) is 44.4. The Balaban J connectivity index is 1.66. The number of fused-ring (bicyclic) bond motifs is 2. The SMILES string of the molecule is CCCCC(CC)CNS(=O)(=O)c1cc2c(-c3ccccc3S(=O)(=O)O)c3ccc(Nc4c(C)cc(C)c(NC(=O)CC(C)(C)C)c4C)cc3oc-2c/c1=N\c1c(C)cc(C)c(NC(=O)CC(C)(C)C)c1C. The van der Waals surface area contributed by atoms with E-state index in [1.165, 1.54) is 18.2 Å². The first-order valence-corrected chi connectivity index (χ1v) is 27.7. The Morgan fingerprint density at radius 2 is 1.28 bits per heavy atom. The largest absolute Gasteiger partial charge is 0.456 e. The summed E-state index contributed by atoms with van der Waals surface area (Å²) in [4.78, 5) is 31.1. The van der Waals surface area contributed by atoms with Crippen LogP contribution in [0, 0.1) is 58.3 Å². The van der Waals surface area contributed by atoms with E-state index in [4.69, 9.17) is 9.41 Å². The van der Waals surface area contributed by atoms with Gasteiger partial charge >= 0.3 is 0 Å². The first-order valence-electron chi connectivity index (χ1n) is 24.8. The Morgan fingerprint density at radius 3 is 1.86 bits per heavy atom. The predicted octanol–water partition coefficient (Wildman–Crippen LogP) is 13.5. The quantitative estimate of drug-likeness (QED) is 0.0436. The highest BCUT2D eigenvalue weighted by Gasteiger charge is 2.29. The van der Waals surface area contributed by atoms with Crippen LogP contribution in [0.2, 0.25) is 0 Å². The fraction of sp³-hybridized carbons (Fsp3) is 0.421. The lowest BCUT2D eigenvalue weighted by Gasteiger charge is -2.22. The van der Waals surface area contributed by atoms with Gasteiger partial charge in [0.25, 0.3) is 10.1 Å². The molecule has 5 N–H and O–H groups in total. The number of carbonyl (C=O) groups excluding carboxylic acids is 2. The van der Waals surface area contributed by atoms with Gasteiger partial charge in [0.1, 0.15) is 21.1 Å². The maximum Gasteiger partial charge on any atom is 0.295 e. The molecule has 2 amide bonds. The molecule has 0 spiro atoms. The standard InChI is InChI=1S/C57H73N5O8S2/c1-15-17-20-39(16-2)32-58-71(65,66)48-28-43-46(29-44(48)60-53-34(4)26-36(6)55(38(53)8)62-50(64)31-57(12,13)14)70-45-27-40(23-24-41(45)51(43)42-21-18-19-22-47(42)72(67,68)69)59-52-33(3)25-35(5)54(37(52)7)61-49(63)30-56(9,10)11/h18-19,21-29,39,58-59H,15-17,20,30-32H2,1-14H3,(H,61,63)(H,62,64)(H,67,68,69)/b60-44+. The highest BCUT2D eigenvalue weighted by Crippen LogP contribution is 2.45. The van der Waals surface area contributed by atoms with Crippen LogP contribution in [-0.2, 0) is 29.7 Å².